The van der Waals surface area contributed by atoms with Crippen LogP contribution in [-0.4, -0.2) is 52.2 Å². The van der Waals surface area contributed by atoms with Gasteiger partial charge in [0.05, 0.1) is 11.4 Å². The molecule has 1 aliphatic heterocycles. The first-order valence-corrected chi connectivity index (χ1v) is 8.93. The maximum absolute atomic E-state index is 13.7. The van der Waals surface area contributed by atoms with E-state index in [0.717, 1.165) is 36.7 Å². The molecule has 0 radical (unpaired) electrons. The summed E-state index contributed by atoms with van der Waals surface area (Å²) in [6.45, 7) is 4.47. The number of amides is 1. The number of para-hydroxylation sites is 1. The van der Waals surface area contributed by atoms with E-state index in [9.17, 15) is 14.0 Å². The summed E-state index contributed by atoms with van der Waals surface area (Å²) in [5.41, 5.74) is 0.522. The molecule has 2 aromatic rings. The third-order valence-corrected chi connectivity index (χ3v) is 5.18. The summed E-state index contributed by atoms with van der Waals surface area (Å²) >= 11 is 1.01. The van der Waals surface area contributed by atoms with Crippen LogP contribution in [0.4, 0.5) is 10.1 Å². The van der Waals surface area contributed by atoms with Crippen LogP contribution in [0.2, 0.25) is 0 Å². The van der Waals surface area contributed by atoms with Gasteiger partial charge >= 0.3 is 5.69 Å². The molecule has 0 spiro atoms. The summed E-state index contributed by atoms with van der Waals surface area (Å²) in [4.78, 5) is 33.5. The first-order chi connectivity index (χ1) is 12.0. The second kappa shape index (κ2) is 7.69. The number of hydrogen-bond acceptors (Lipinski definition) is 5. The highest BCUT2D eigenvalue weighted by Crippen LogP contribution is 2.24. The molecule has 1 amide bonds. The van der Waals surface area contributed by atoms with Crippen LogP contribution in [0.5, 0.6) is 0 Å². The molecule has 1 N–H and O–H groups in total. The molecule has 1 saturated heterocycles. The van der Waals surface area contributed by atoms with Gasteiger partial charge in [-0.05, 0) is 19.1 Å². The second-order valence-electron chi connectivity index (χ2n) is 5.77. The van der Waals surface area contributed by atoms with Crippen LogP contribution in [0.25, 0.3) is 0 Å². The second-order valence-corrected chi connectivity index (χ2v) is 7.12. The Morgan fingerprint density at radius 3 is 2.60 bits per heavy atom. The van der Waals surface area contributed by atoms with Gasteiger partial charge in [-0.2, -0.15) is 4.98 Å². The van der Waals surface area contributed by atoms with E-state index in [2.05, 4.69) is 27.0 Å². The van der Waals surface area contributed by atoms with Crippen molar-refractivity contribution >= 4 is 23.4 Å². The fraction of sp³-hybridized carbons (Fsp3) is 0.353. The molecule has 25 heavy (non-hydrogen) atoms. The van der Waals surface area contributed by atoms with E-state index in [-0.39, 0.29) is 10.9 Å². The number of rotatable bonds is 4. The first-order valence-electron chi connectivity index (χ1n) is 8.05. The van der Waals surface area contributed by atoms with Crippen molar-refractivity contribution in [3.8, 4) is 0 Å². The van der Waals surface area contributed by atoms with Crippen LogP contribution in [0.1, 0.15) is 6.92 Å². The van der Waals surface area contributed by atoms with Gasteiger partial charge in [0.15, 0.2) is 5.82 Å². The molecule has 1 fully saturated rings. The van der Waals surface area contributed by atoms with Crippen LogP contribution in [0, 0.1) is 5.82 Å². The van der Waals surface area contributed by atoms with Crippen molar-refractivity contribution in [1.82, 2.24) is 14.9 Å². The largest absolute Gasteiger partial charge is 0.368 e. The number of piperazine rings is 1. The summed E-state index contributed by atoms with van der Waals surface area (Å²) in [6, 6.07) is 10.1. The fourth-order valence-electron chi connectivity index (χ4n) is 2.76. The van der Waals surface area contributed by atoms with E-state index in [1.165, 1.54) is 0 Å². The number of thioether (sulfide) groups is 1. The summed E-state index contributed by atoms with van der Waals surface area (Å²) in [5.74, 6) is -0.687. The normalized spacial score (nSPS) is 15.9. The van der Waals surface area contributed by atoms with Gasteiger partial charge in [-0.3, -0.25) is 9.78 Å². The Bertz CT molecular complexity index is 791. The lowest BCUT2D eigenvalue weighted by atomic mass is 10.2. The van der Waals surface area contributed by atoms with Crippen LogP contribution in [0.3, 0.4) is 0 Å². The van der Waals surface area contributed by atoms with Crippen molar-refractivity contribution < 1.29 is 9.18 Å². The number of halogens is 1. The number of anilines is 1. The predicted molar refractivity (Wildman–Crippen MR) is 95.4 cm³/mol. The quantitative estimate of drug-likeness (QED) is 0.663. The highest BCUT2D eigenvalue weighted by Gasteiger charge is 2.26. The topological polar surface area (TPSA) is 69.3 Å². The van der Waals surface area contributed by atoms with Crippen LogP contribution < -0.4 is 10.6 Å². The standard InChI is InChI=1S/C17H19FN4O2S/c1-12(25-15-14(18)11-19-17(24)20-15)16(23)22-9-7-21(8-10-22)13-5-3-2-4-6-13/h2-6,11-12H,7-10H2,1H3,(H,19,20,24). The molecule has 0 bridgehead atoms. The van der Waals surface area contributed by atoms with Gasteiger partial charge in [0.25, 0.3) is 0 Å². The van der Waals surface area contributed by atoms with Gasteiger partial charge in [-0.25, -0.2) is 9.18 Å². The van der Waals surface area contributed by atoms with Crippen LogP contribution in [-0.2, 0) is 4.79 Å². The minimum Gasteiger partial charge on any atom is -0.368 e. The maximum atomic E-state index is 13.7. The molecule has 3 rings (SSSR count). The molecule has 132 valence electrons. The summed E-state index contributed by atoms with van der Waals surface area (Å²) in [6.07, 6.45) is 0.872. The summed E-state index contributed by atoms with van der Waals surface area (Å²) in [5, 5.41) is -0.445. The molecule has 8 heteroatoms. The van der Waals surface area contributed by atoms with Gasteiger partial charge in [0.2, 0.25) is 5.91 Å². The van der Waals surface area contributed by atoms with E-state index in [1.54, 1.807) is 11.8 Å². The Kier molecular flexibility index (Phi) is 5.37. The monoisotopic (exact) mass is 362 g/mol. The number of carbonyl (C=O) groups excluding carboxylic acids is 1. The van der Waals surface area contributed by atoms with Crippen molar-refractivity contribution in [2.45, 2.75) is 17.2 Å². The molecule has 0 saturated carbocycles. The van der Waals surface area contributed by atoms with Crippen molar-refractivity contribution in [3.63, 3.8) is 0 Å². The average Bonchev–Trinajstić information content (AvgIpc) is 2.65. The van der Waals surface area contributed by atoms with E-state index in [4.69, 9.17) is 0 Å². The third kappa shape index (κ3) is 4.19. The molecule has 2 heterocycles. The number of aromatic nitrogens is 2. The Morgan fingerprint density at radius 1 is 1.24 bits per heavy atom. The molecule has 1 atom stereocenters. The Hall–Kier alpha value is -2.35. The van der Waals surface area contributed by atoms with Gasteiger partial charge in [0.1, 0.15) is 5.03 Å². The summed E-state index contributed by atoms with van der Waals surface area (Å²) in [7, 11) is 0. The molecular weight excluding hydrogens is 343 g/mol. The van der Waals surface area contributed by atoms with E-state index < -0.39 is 16.8 Å². The fourth-order valence-corrected chi connectivity index (χ4v) is 3.67. The van der Waals surface area contributed by atoms with E-state index in [1.807, 2.05) is 18.2 Å². The van der Waals surface area contributed by atoms with Gasteiger partial charge < -0.3 is 9.80 Å². The number of carbonyl (C=O) groups is 1. The number of nitrogens with zero attached hydrogens (tertiary/aromatic N) is 3. The molecule has 1 aromatic heterocycles. The third-order valence-electron chi connectivity index (χ3n) is 4.09. The first kappa shape index (κ1) is 17.5. The van der Waals surface area contributed by atoms with Crippen molar-refractivity contribution in [2.24, 2.45) is 0 Å². The van der Waals surface area contributed by atoms with E-state index >= 15 is 0 Å². The van der Waals surface area contributed by atoms with Crippen molar-refractivity contribution in [3.05, 3.63) is 52.8 Å². The number of H-pyrrole nitrogens is 1. The predicted octanol–water partition coefficient (Wildman–Crippen LogP) is 1.74. The molecule has 0 aliphatic carbocycles. The zero-order valence-electron chi connectivity index (χ0n) is 13.8. The average molecular weight is 362 g/mol. The zero-order valence-corrected chi connectivity index (χ0v) is 14.6. The van der Waals surface area contributed by atoms with E-state index in [0.29, 0.717) is 13.1 Å². The lowest BCUT2D eigenvalue weighted by molar-refractivity contribution is -0.130. The van der Waals surface area contributed by atoms with Gasteiger partial charge in [-0.1, -0.05) is 30.0 Å². The number of hydrogen-bond donors (Lipinski definition) is 1. The molecule has 6 nitrogen and oxygen atoms in total. The molecule has 1 unspecified atom stereocenters. The Labute approximate surface area is 149 Å². The minimum atomic E-state index is -0.627. The summed E-state index contributed by atoms with van der Waals surface area (Å²) < 4.78 is 13.7. The molecular formula is C17H19FN4O2S. The molecule has 1 aromatic carbocycles. The lowest BCUT2D eigenvalue weighted by Crippen LogP contribution is -2.50. The Balaban J connectivity index is 1.58. The zero-order chi connectivity index (χ0) is 17.8. The van der Waals surface area contributed by atoms with Crippen molar-refractivity contribution in [2.75, 3.05) is 31.1 Å². The number of aromatic amines is 1. The van der Waals surface area contributed by atoms with Gasteiger partial charge in [-0.15, -0.1) is 0 Å². The SMILES string of the molecule is CC(Sc1[nH]c(=O)ncc1F)C(=O)N1CCN(c2ccccc2)CC1. The highest BCUT2D eigenvalue weighted by atomic mass is 32.2. The van der Waals surface area contributed by atoms with Crippen molar-refractivity contribution in [1.29, 1.82) is 0 Å². The van der Waals surface area contributed by atoms with Gasteiger partial charge in [0, 0.05) is 31.9 Å². The smallest absolute Gasteiger partial charge is 0.345 e. The number of benzene rings is 1. The Morgan fingerprint density at radius 2 is 1.92 bits per heavy atom. The maximum Gasteiger partial charge on any atom is 0.345 e. The molecule has 1 aliphatic rings. The van der Waals surface area contributed by atoms with Crippen LogP contribution in [0.15, 0.2) is 46.3 Å². The minimum absolute atomic E-state index is 0.0452. The lowest BCUT2D eigenvalue weighted by Gasteiger charge is -2.37. The number of nitrogens with one attached hydrogen (secondary N) is 1. The van der Waals surface area contributed by atoms with Crippen LogP contribution >= 0.6 is 11.8 Å². The highest BCUT2D eigenvalue weighted by molar-refractivity contribution is 8.00.